The van der Waals surface area contributed by atoms with Crippen LogP contribution in [0.5, 0.6) is 0 Å². The van der Waals surface area contributed by atoms with Gasteiger partial charge in [-0.05, 0) is 48.3 Å². The van der Waals surface area contributed by atoms with Crippen molar-refractivity contribution in [2.45, 2.75) is 51.8 Å². The Balaban J connectivity index is 2.40. The summed E-state index contributed by atoms with van der Waals surface area (Å²) in [5.74, 6) is -1.10. The summed E-state index contributed by atoms with van der Waals surface area (Å²) in [6.45, 7) is 6.01. The summed E-state index contributed by atoms with van der Waals surface area (Å²) in [6, 6.07) is 2.74. The van der Waals surface area contributed by atoms with Gasteiger partial charge in [-0.15, -0.1) is 0 Å². The van der Waals surface area contributed by atoms with Gasteiger partial charge in [0.25, 0.3) is 0 Å². The van der Waals surface area contributed by atoms with Gasteiger partial charge in [-0.3, -0.25) is 0 Å². The summed E-state index contributed by atoms with van der Waals surface area (Å²) in [5.41, 5.74) is -2.47. The van der Waals surface area contributed by atoms with Gasteiger partial charge in [0.2, 0.25) is 0 Å². The minimum absolute atomic E-state index is 0.133. The van der Waals surface area contributed by atoms with Crippen molar-refractivity contribution in [1.29, 1.82) is 0 Å². The maximum absolute atomic E-state index is 13.7. The molecule has 0 radical (unpaired) electrons. The number of aliphatic hydroxyl groups is 1. The molecule has 2 rings (SSSR count). The highest BCUT2D eigenvalue weighted by Gasteiger charge is 2.43. The number of rotatable bonds is 1. The van der Waals surface area contributed by atoms with E-state index in [-0.39, 0.29) is 16.9 Å². The van der Waals surface area contributed by atoms with Crippen LogP contribution in [0.3, 0.4) is 0 Å². The molecule has 0 bridgehead atoms. The lowest BCUT2D eigenvalue weighted by Crippen LogP contribution is -2.40. The van der Waals surface area contributed by atoms with Crippen LogP contribution in [0.4, 0.5) is 17.6 Å². The molecule has 0 aromatic heterocycles. The summed E-state index contributed by atoms with van der Waals surface area (Å²) in [4.78, 5) is 0. The monoisotopic (exact) mass is 304 g/mol. The molecule has 5 heteroatoms. The van der Waals surface area contributed by atoms with Crippen LogP contribution < -0.4 is 0 Å². The Morgan fingerprint density at radius 3 is 2.29 bits per heavy atom. The first-order valence-corrected chi connectivity index (χ1v) is 7.03. The van der Waals surface area contributed by atoms with E-state index in [1.807, 2.05) is 20.8 Å². The van der Waals surface area contributed by atoms with Crippen molar-refractivity contribution in [3.05, 3.63) is 35.1 Å². The van der Waals surface area contributed by atoms with E-state index < -0.39 is 23.2 Å². The Morgan fingerprint density at radius 2 is 1.81 bits per heavy atom. The topological polar surface area (TPSA) is 20.2 Å². The Kier molecular flexibility index (Phi) is 3.85. The molecule has 0 saturated heterocycles. The average Bonchev–Trinajstić information content (AvgIpc) is 2.23. The number of halogens is 4. The highest BCUT2D eigenvalue weighted by molar-refractivity contribution is 5.31. The molecule has 2 unspecified atom stereocenters. The molecular weight excluding hydrogens is 284 g/mol. The summed E-state index contributed by atoms with van der Waals surface area (Å²) in [6.07, 6.45) is -2.95. The van der Waals surface area contributed by atoms with Crippen molar-refractivity contribution in [3.63, 3.8) is 0 Å². The number of hydrogen-bond acceptors (Lipinski definition) is 1. The second-order valence-corrected chi connectivity index (χ2v) is 7.08. The molecule has 0 aliphatic heterocycles. The Labute approximate surface area is 122 Å². The Morgan fingerprint density at radius 1 is 1.19 bits per heavy atom. The maximum Gasteiger partial charge on any atom is 0.419 e. The van der Waals surface area contributed by atoms with Gasteiger partial charge in [0.05, 0.1) is 11.2 Å². The number of benzene rings is 1. The van der Waals surface area contributed by atoms with E-state index in [1.54, 1.807) is 0 Å². The molecule has 1 fully saturated rings. The smallest absolute Gasteiger partial charge is 0.385 e. The summed E-state index contributed by atoms with van der Waals surface area (Å²) < 4.78 is 51.5. The average molecular weight is 304 g/mol. The molecule has 0 amide bonds. The van der Waals surface area contributed by atoms with Crippen molar-refractivity contribution < 1.29 is 22.7 Å². The first-order valence-electron chi connectivity index (χ1n) is 7.03. The molecule has 0 heterocycles. The SMILES string of the molecule is CC1CC(C)(C)CC(O)(c2ccc(C(F)(F)F)c(F)c2)C1. The van der Waals surface area contributed by atoms with E-state index in [0.717, 1.165) is 18.6 Å². The van der Waals surface area contributed by atoms with Crippen LogP contribution >= 0.6 is 0 Å². The van der Waals surface area contributed by atoms with E-state index >= 15 is 0 Å². The van der Waals surface area contributed by atoms with E-state index in [1.165, 1.54) is 6.07 Å². The Hall–Kier alpha value is -1.10. The van der Waals surface area contributed by atoms with Crippen molar-refractivity contribution in [1.82, 2.24) is 0 Å². The maximum atomic E-state index is 13.7. The summed E-state index contributed by atoms with van der Waals surface area (Å²) in [5, 5.41) is 10.8. The minimum atomic E-state index is -4.72. The molecular formula is C16H20F4O. The lowest BCUT2D eigenvalue weighted by atomic mass is 9.64. The predicted molar refractivity (Wildman–Crippen MR) is 72.1 cm³/mol. The van der Waals surface area contributed by atoms with Gasteiger partial charge in [-0.25, -0.2) is 4.39 Å². The zero-order valence-corrected chi connectivity index (χ0v) is 12.4. The van der Waals surface area contributed by atoms with Gasteiger partial charge in [0.1, 0.15) is 5.82 Å². The zero-order chi connectivity index (χ0) is 16.1. The van der Waals surface area contributed by atoms with Crippen LogP contribution in [-0.2, 0) is 11.8 Å². The third-order valence-electron chi connectivity index (χ3n) is 4.17. The van der Waals surface area contributed by atoms with Crippen LogP contribution in [-0.4, -0.2) is 5.11 Å². The molecule has 1 nitrogen and oxygen atoms in total. The van der Waals surface area contributed by atoms with Crippen molar-refractivity contribution in [2.75, 3.05) is 0 Å². The van der Waals surface area contributed by atoms with E-state index in [9.17, 15) is 22.7 Å². The number of alkyl halides is 3. The molecule has 118 valence electrons. The third-order valence-corrected chi connectivity index (χ3v) is 4.17. The van der Waals surface area contributed by atoms with Crippen LogP contribution in [0.25, 0.3) is 0 Å². The van der Waals surface area contributed by atoms with Gasteiger partial charge in [0.15, 0.2) is 0 Å². The predicted octanol–water partition coefficient (Wildman–Crippen LogP) is 4.88. The second-order valence-electron chi connectivity index (χ2n) is 7.08. The van der Waals surface area contributed by atoms with Gasteiger partial charge in [-0.1, -0.05) is 26.8 Å². The van der Waals surface area contributed by atoms with E-state index in [4.69, 9.17) is 0 Å². The normalized spacial score (nSPS) is 29.4. The van der Waals surface area contributed by atoms with Gasteiger partial charge >= 0.3 is 6.18 Å². The van der Waals surface area contributed by atoms with Gasteiger partial charge in [-0.2, -0.15) is 13.2 Å². The molecule has 21 heavy (non-hydrogen) atoms. The van der Waals surface area contributed by atoms with Crippen LogP contribution in [0.1, 0.15) is 51.2 Å². The van der Waals surface area contributed by atoms with Crippen molar-refractivity contribution in [3.8, 4) is 0 Å². The first kappa shape index (κ1) is 16.3. The molecule has 2 atom stereocenters. The molecule has 1 aromatic rings. The molecule has 0 spiro atoms. The fourth-order valence-electron chi connectivity index (χ4n) is 3.78. The zero-order valence-electron chi connectivity index (χ0n) is 12.4. The quantitative estimate of drug-likeness (QED) is 0.733. The molecule has 1 N–H and O–H groups in total. The van der Waals surface area contributed by atoms with Crippen LogP contribution in [0, 0.1) is 17.2 Å². The van der Waals surface area contributed by atoms with Gasteiger partial charge in [0, 0.05) is 0 Å². The molecule has 1 aliphatic carbocycles. The standard InChI is InChI=1S/C16H20F4O/c1-10-7-14(2,3)9-15(21,8-10)11-4-5-12(13(17)6-11)16(18,19)20/h4-6,10,21H,7-9H2,1-3H3. The van der Waals surface area contributed by atoms with E-state index in [0.29, 0.717) is 12.8 Å². The second kappa shape index (κ2) is 4.97. The van der Waals surface area contributed by atoms with Crippen LogP contribution in [0.2, 0.25) is 0 Å². The van der Waals surface area contributed by atoms with Gasteiger partial charge < -0.3 is 5.11 Å². The fraction of sp³-hybridized carbons (Fsp3) is 0.625. The lowest BCUT2D eigenvalue weighted by Gasteiger charge is -2.45. The van der Waals surface area contributed by atoms with E-state index in [2.05, 4.69) is 0 Å². The summed E-state index contributed by atoms with van der Waals surface area (Å²) in [7, 11) is 0. The molecule has 1 aliphatic rings. The van der Waals surface area contributed by atoms with Crippen molar-refractivity contribution >= 4 is 0 Å². The number of hydrogen-bond donors (Lipinski definition) is 1. The minimum Gasteiger partial charge on any atom is -0.385 e. The highest BCUT2D eigenvalue weighted by atomic mass is 19.4. The third kappa shape index (κ3) is 3.39. The summed E-state index contributed by atoms with van der Waals surface area (Å²) >= 11 is 0. The van der Waals surface area contributed by atoms with Crippen molar-refractivity contribution in [2.24, 2.45) is 11.3 Å². The fourth-order valence-corrected chi connectivity index (χ4v) is 3.78. The highest BCUT2D eigenvalue weighted by Crippen LogP contribution is 2.49. The van der Waals surface area contributed by atoms with Crippen LogP contribution in [0.15, 0.2) is 18.2 Å². The molecule has 1 saturated carbocycles. The Bertz CT molecular complexity index is 536. The molecule has 1 aromatic carbocycles. The lowest BCUT2D eigenvalue weighted by molar-refractivity contribution is -0.140. The first-order chi connectivity index (χ1) is 9.43. The largest absolute Gasteiger partial charge is 0.419 e.